The minimum atomic E-state index is -0.858. The van der Waals surface area contributed by atoms with Crippen molar-refractivity contribution in [2.75, 3.05) is 0 Å². The van der Waals surface area contributed by atoms with Gasteiger partial charge in [0.1, 0.15) is 6.10 Å². The van der Waals surface area contributed by atoms with Crippen LogP contribution in [0.15, 0.2) is 0 Å². The quantitative estimate of drug-likeness (QED) is 0.555. The second-order valence-corrected chi connectivity index (χ2v) is 2.08. The summed E-state index contributed by atoms with van der Waals surface area (Å²) in [6.45, 7) is 1.90. The van der Waals surface area contributed by atoms with Crippen LogP contribution in [-0.4, -0.2) is 16.3 Å². The van der Waals surface area contributed by atoms with Gasteiger partial charge in [0.25, 0.3) is 0 Å². The van der Waals surface area contributed by atoms with Crippen molar-refractivity contribution in [1.82, 2.24) is 0 Å². The second kappa shape index (κ2) is 3.92. The van der Waals surface area contributed by atoms with Crippen molar-refractivity contribution in [3.63, 3.8) is 0 Å². The molecule has 0 amide bonds. The fraction of sp³-hybridized carbons (Fsp3) is 0.800. The van der Waals surface area contributed by atoms with Crippen LogP contribution in [0.3, 0.4) is 0 Å². The molecule has 0 unspecified atom stereocenters. The van der Waals surface area contributed by atoms with Gasteiger partial charge >= 0.3 is 0 Å². The van der Waals surface area contributed by atoms with Gasteiger partial charge in [0.2, 0.25) is 5.12 Å². The Morgan fingerprint density at radius 2 is 2.38 bits per heavy atom. The molecule has 0 saturated heterocycles. The van der Waals surface area contributed by atoms with Gasteiger partial charge in [0.05, 0.1) is 0 Å². The van der Waals surface area contributed by atoms with Crippen molar-refractivity contribution in [1.29, 1.82) is 0 Å². The number of rotatable bonds is 3. The lowest BCUT2D eigenvalue weighted by Crippen LogP contribution is -2.13. The molecule has 0 aliphatic heterocycles. The van der Waals surface area contributed by atoms with Crippen LogP contribution in [0.5, 0.6) is 0 Å². The van der Waals surface area contributed by atoms with E-state index in [4.69, 9.17) is 5.11 Å². The molecule has 1 atom stereocenters. The third kappa shape index (κ3) is 3.04. The first kappa shape index (κ1) is 7.98. The van der Waals surface area contributed by atoms with Crippen LogP contribution in [0.2, 0.25) is 0 Å². The number of aliphatic hydroxyl groups is 1. The molecule has 0 aliphatic carbocycles. The zero-order valence-corrected chi connectivity index (χ0v) is 5.69. The first-order chi connectivity index (χ1) is 3.68. The highest BCUT2D eigenvalue weighted by molar-refractivity contribution is 7.96. The first-order valence-corrected chi connectivity index (χ1v) is 3.04. The monoisotopic (exact) mass is 134 g/mol. The highest BCUT2D eigenvalue weighted by atomic mass is 32.1. The Balaban J connectivity index is 3.32. The average Bonchev–Trinajstić information content (AvgIpc) is 1.67. The molecule has 0 heterocycles. The number of hydrogen-bond donors (Lipinski definition) is 2. The molecule has 0 radical (unpaired) electrons. The standard InChI is InChI=1S/C5H10O2S/c1-2-3-4(6)5(7)8/h4,6H,2-3H2,1H3,(H,7,8)/t4-/m0/s1. The van der Waals surface area contributed by atoms with Crippen LogP contribution in [0, 0.1) is 0 Å². The van der Waals surface area contributed by atoms with Crippen molar-refractivity contribution < 1.29 is 9.90 Å². The molecular weight excluding hydrogens is 124 g/mol. The maximum absolute atomic E-state index is 10.1. The molecule has 48 valence electrons. The molecule has 0 aromatic heterocycles. The van der Waals surface area contributed by atoms with Gasteiger partial charge < -0.3 is 5.11 Å². The summed E-state index contributed by atoms with van der Waals surface area (Å²) in [5.74, 6) is 0. The van der Waals surface area contributed by atoms with E-state index in [0.717, 1.165) is 6.42 Å². The molecule has 0 aromatic rings. The molecule has 1 N–H and O–H groups in total. The highest BCUT2D eigenvalue weighted by Gasteiger charge is 2.07. The number of hydrogen-bond acceptors (Lipinski definition) is 2. The lowest BCUT2D eigenvalue weighted by molar-refractivity contribution is -0.118. The van der Waals surface area contributed by atoms with E-state index in [1.165, 1.54) is 0 Å². The lowest BCUT2D eigenvalue weighted by atomic mass is 10.2. The summed E-state index contributed by atoms with van der Waals surface area (Å²) in [5, 5.41) is 8.26. The van der Waals surface area contributed by atoms with Crippen molar-refractivity contribution in [2.45, 2.75) is 25.9 Å². The van der Waals surface area contributed by atoms with Crippen LogP contribution < -0.4 is 0 Å². The molecule has 0 aliphatic rings. The Labute approximate surface area is 54.3 Å². The molecule has 0 bridgehead atoms. The van der Waals surface area contributed by atoms with Gasteiger partial charge in [-0.3, -0.25) is 4.79 Å². The predicted octanol–water partition coefficient (Wildman–Crippen LogP) is 0.604. The Morgan fingerprint density at radius 3 is 2.50 bits per heavy atom. The summed E-state index contributed by atoms with van der Waals surface area (Å²) in [7, 11) is 0. The molecule has 0 spiro atoms. The lowest BCUT2D eigenvalue weighted by Gasteiger charge is -2.00. The molecule has 2 nitrogen and oxygen atoms in total. The third-order valence-corrected chi connectivity index (χ3v) is 1.15. The van der Waals surface area contributed by atoms with E-state index in [2.05, 4.69) is 12.6 Å². The predicted molar refractivity (Wildman–Crippen MR) is 34.9 cm³/mol. The molecule has 3 heteroatoms. The summed E-state index contributed by atoms with van der Waals surface area (Å²) in [6, 6.07) is 0. The van der Waals surface area contributed by atoms with E-state index in [-0.39, 0.29) is 0 Å². The average molecular weight is 134 g/mol. The summed E-state index contributed by atoms with van der Waals surface area (Å²) in [5.41, 5.74) is 0. The van der Waals surface area contributed by atoms with E-state index in [1.54, 1.807) is 0 Å². The summed E-state index contributed by atoms with van der Waals surface area (Å²) >= 11 is 3.44. The van der Waals surface area contributed by atoms with Crippen molar-refractivity contribution in [2.24, 2.45) is 0 Å². The summed E-state index contributed by atoms with van der Waals surface area (Å²) in [6.07, 6.45) is 0.471. The van der Waals surface area contributed by atoms with Gasteiger partial charge in [-0.15, -0.1) is 12.6 Å². The normalized spacial score (nSPS) is 13.4. The fourth-order valence-corrected chi connectivity index (χ4v) is 0.526. The van der Waals surface area contributed by atoms with Gasteiger partial charge in [-0.2, -0.15) is 0 Å². The van der Waals surface area contributed by atoms with Gasteiger partial charge in [0, 0.05) is 0 Å². The number of carbonyl (C=O) groups is 1. The Kier molecular flexibility index (Phi) is 3.91. The van der Waals surface area contributed by atoms with E-state index >= 15 is 0 Å². The zero-order valence-electron chi connectivity index (χ0n) is 4.79. The Morgan fingerprint density at radius 1 is 1.88 bits per heavy atom. The van der Waals surface area contributed by atoms with Gasteiger partial charge in [0.15, 0.2) is 0 Å². The smallest absolute Gasteiger partial charge is 0.214 e. The SMILES string of the molecule is CCC[C@H](O)C(=O)S. The minimum Gasteiger partial charge on any atom is -0.384 e. The fourth-order valence-electron chi connectivity index (χ4n) is 0.397. The van der Waals surface area contributed by atoms with Gasteiger partial charge in [-0.1, -0.05) is 13.3 Å². The molecule has 8 heavy (non-hydrogen) atoms. The highest BCUT2D eigenvalue weighted by Crippen LogP contribution is 1.98. The third-order valence-electron chi connectivity index (χ3n) is 0.847. The van der Waals surface area contributed by atoms with Crippen molar-refractivity contribution >= 4 is 17.7 Å². The van der Waals surface area contributed by atoms with Crippen molar-refractivity contribution in [3.05, 3.63) is 0 Å². The largest absolute Gasteiger partial charge is 0.384 e. The molecule has 0 saturated carbocycles. The Bertz CT molecular complexity index is 82.5. The van der Waals surface area contributed by atoms with Crippen LogP contribution in [0.4, 0.5) is 0 Å². The molecular formula is C5H10O2S. The maximum atomic E-state index is 10.1. The van der Waals surface area contributed by atoms with E-state index in [9.17, 15) is 4.79 Å². The van der Waals surface area contributed by atoms with E-state index in [0.29, 0.717) is 6.42 Å². The number of thiol groups is 1. The van der Waals surface area contributed by atoms with Gasteiger partial charge in [-0.05, 0) is 6.42 Å². The van der Waals surface area contributed by atoms with Crippen LogP contribution in [-0.2, 0) is 4.79 Å². The van der Waals surface area contributed by atoms with Crippen LogP contribution in [0.25, 0.3) is 0 Å². The molecule has 0 fully saturated rings. The van der Waals surface area contributed by atoms with Crippen LogP contribution >= 0.6 is 12.6 Å². The number of carbonyl (C=O) groups excluding carboxylic acids is 1. The molecule has 0 aromatic carbocycles. The van der Waals surface area contributed by atoms with Crippen LogP contribution in [0.1, 0.15) is 19.8 Å². The first-order valence-electron chi connectivity index (χ1n) is 2.59. The number of aliphatic hydroxyl groups excluding tert-OH is 1. The topological polar surface area (TPSA) is 37.3 Å². The Hall–Kier alpha value is -0.0200. The summed E-state index contributed by atoms with van der Waals surface area (Å²) < 4.78 is 0. The maximum Gasteiger partial charge on any atom is 0.214 e. The zero-order chi connectivity index (χ0) is 6.57. The molecule has 0 rings (SSSR count). The van der Waals surface area contributed by atoms with E-state index in [1.807, 2.05) is 6.92 Å². The van der Waals surface area contributed by atoms with E-state index < -0.39 is 11.2 Å². The van der Waals surface area contributed by atoms with Crippen molar-refractivity contribution in [3.8, 4) is 0 Å². The second-order valence-electron chi connectivity index (χ2n) is 1.64. The van der Waals surface area contributed by atoms with Gasteiger partial charge in [-0.25, -0.2) is 0 Å². The minimum absolute atomic E-state index is 0.438. The summed E-state index contributed by atoms with van der Waals surface area (Å²) in [4.78, 5) is 10.1.